The molecule has 1 saturated heterocycles. The number of sulfonamides is 1. The van der Waals surface area contributed by atoms with Gasteiger partial charge in [-0.3, -0.25) is 4.90 Å². The van der Waals surface area contributed by atoms with E-state index in [-0.39, 0.29) is 17.5 Å². The molecule has 0 bridgehead atoms. The lowest BCUT2D eigenvalue weighted by Crippen LogP contribution is -2.44. The summed E-state index contributed by atoms with van der Waals surface area (Å²) in [5, 5.41) is 0. The Morgan fingerprint density at radius 1 is 1.25 bits per heavy atom. The molecule has 1 fully saturated rings. The minimum Gasteiger partial charge on any atom is -0.495 e. The fraction of sp³-hybridized carbons (Fsp3) is 0.500. The highest BCUT2D eigenvalue weighted by Crippen LogP contribution is 2.27. The number of nitrogens with zero attached hydrogens (tertiary/aromatic N) is 2. The number of rotatable bonds is 8. The zero-order chi connectivity index (χ0) is 20.1. The van der Waals surface area contributed by atoms with Crippen molar-refractivity contribution in [3.8, 4) is 5.75 Å². The van der Waals surface area contributed by atoms with Crippen molar-refractivity contribution in [3.63, 3.8) is 0 Å². The number of morpholine rings is 1. The van der Waals surface area contributed by atoms with E-state index in [0.717, 1.165) is 30.8 Å². The van der Waals surface area contributed by atoms with Gasteiger partial charge in [0, 0.05) is 38.6 Å². The van der Waals surface area contributed by atoms with Crippen LogP contribution >= 0.6 is 0 Å². The summed E-state index contributed by atoms with van der Waals surface area (Å²) >= 11 is 0. The Bertz CT molecular complexity index is 889. The van der Waals surface area contributed by atoms with Crippen LogP contribution in [0.25, 0.3) is 0 Å². The summed E-state index contributed by atoms with van der Waals surface area (Å²) < 4.78 is 41.8. The molecule has 1 aromatic carbocycles. The van der Waals surface area contributed by atoms with Crippen LogP contribution in [0.4, 0.5) is 0 Å². The topological polar surface area (TPSA) is 72.8 Å². The van der Waals surface area contributed by atoms with Crippen molar-refractivity contribution in [1.29, 1.82) is 0 Å². The number of methoxy groups -OCH3 is 1. The minimum absolute atomic E-state index is 0.0703. The number of nitrogens with one attached hydrogen (secondary N) is 1. The smallest absolute Gasteiger partial charge is 0.244 e. The molecule has 1 atom stereocenters. The molecule has 8 heteroatoms. The SMILES string of the molecule is CCc1ccc(OC)c(S(=O)(=O)NC[C@@H](c2cccn2C)N2CCOCC2)c1. The molecule has 0 saturated carbocycles. The standard InChI is InChI=1S/C20H29N3O4S/c1-4-16-7-8-19(26-3)20(14-16)28(24,25)21-15-18(17-6-5-9-22(17)2)23-10-12-27-13-11-23/h5-9,14,18,21H,4,10-13,15H2,1-3H3/t18-/m0/s1. The molecule has 1 N–H and O–H groups in total. The molecular weight excluding hydrogens is 378 g/mol. The van der Waals surface area contributed by atoms with E-state index in [4.69, 9.17) is 9.47 Å². The van der Waals surface area contributed by atoms with Gasteiger partial charge in [0.1, 0.15) is 10.6 Å². The summed E-state index contributed by atoms with van der Waals surface area (Å²) in [6, 6.07) is 9.23. The molecule has 0 spiro atoms. The van der Waals surface area contributed by atoms with E-state index < -0.39 is 10.0 Å². The van der Waals surface area contributed by atoms with Gasteiger partial charge >= 0.3 is 0 Å². The van der Waals surface area contributed by atoms with Crippen LogP contribution in [0.1, 0.15) is 24.2 Å². The maximum absolute atomic E-state index is 13.1. The summed E-state index contributed by atoms with van der Waals surface area (Å²) in [5.41, 5.74) is 2.02. The number of hydrogen-bond acceptors (Lipinski definition) is 5. The van der Waals surface area contributed by atoms with Gasteiger partial charge in [0.15, 0.2) is 0 Å². The van der Waals surface area contributed by atoms with Crippen molar-refractivity contribution >= 4 is 10.0 Å². The van der Waals surface area contributed by atoms with Crippen LogP contribution in [-0.2, 0) is 28.2 Å². The van der Waals surface area contributed by atoms with E-state index in [1.807, 2.05) is 42.9 Å². The lowest BCUT2D eigenvalue weighted by molar-refractivity contribution is 0.0158. The van der Waals surface area contributed by atoms with Gasteiger partial charge in [0.25, 0.3) is 0 Å². The quantitative estimate of drug-likeness (QED) is 0.724. The highest BCUT2D eigenvalue weighted by atomic mass is 32.2. The zero-order valence-electron chi connectivity index (χ0n) is 16.7. The largest absolute Gasteiger partial charge is 0.495 e. The van der Waals surface area contributed by atoms with Crippen molar-refractivity contribution in [2.45, 2.75) is 24.3 Å². The number of aromatic nitrogens is 1. The van der Waals surface area contributed by atoms with Crippen molar-refractivity contribution in [3.05, 3.63) is 47.8 Å². The first-order chi connectivity index (χ1) is 13.5. The second-order valence-corrected chi connectivity index (χ2v) is 8.63. The number of hydrogen-bond donors (Lipinski definition) is 1. The molecule has 1 aromatic heterocycles. The van der Waals surface area contributed by atoms with Crippen LogP contribution < -0.4 is 9.46 Å². The van der Waals surface area contributed by atoms with Crippen molar-refractivity contribution in [1.82, 2.24) is 14.2 Å². The zero-order valence-corrected chi connectivity index (χ0v) is 17.5. The van der Waals surface area contributed by atoms with E-state index in [0.29, 0.717) is 19.0 Å². The Morgan fingerprint density at radius 2 is 2.00 bits per heavy atom. The first-order valence-electron chi connectivity index (χ1n) is 9.56. The van der Waals surface area contributed by atoms with Gasteiger partial charge < -0.3 is 14.0 Å². The fourth-order valence-electron chi connectivity index (χ4n) is 3.55. The van der Waals surface area contributed by atoms with E-state index in [1.165, 1.54) is 7.11 Å². The van der Waals surface area contributed by atoms with E-state index in [2.05, 4.69) is 9.62 Å². The molecule has 2 aromatic rings. The lowest BCUT2D eigenvalue weighted by atomic mass is 10.1. The predicted molar refractivity (Wildman–Crippen MR) is 108 cm³/mol. The minimum atomic E-state index is -3.72. The first-order valence-corrected chi connectivity index (χ1v) is 11.0. The molecule has 0 radical (unpaired) electrons. The fourth-order valence-corrected chi connectivity index (χ4v) is 4.80. The third-order valence-corrected chi connectivity index (χ3v) is 6.65. The summed E-state index contributed by atoms with van der Waals surface area (Å²) in [5.74, 6) is 0.353. The normalized spacial score (nSPS) is 16.8. The highest BCUT2D eigenvalue weighted by molar-refractivity contribution is 7.89. The third-order valence-electron chi connectivity index (χ3n) is 5.20. The van der Waals surface area contributed by atoms with Crippen molar-refractivity contribution in [2.75, 3.05) is 40.0 Å². The molecule has 0 unspecified atom stereocenters. The van der Waals surface area contributed by atoms with Gasteiger partial charge in [-0.2, -0.15) is 0 Å². The van der Waals surface area contributed by atoms with E-state index in [9.17, 15) is 8.42 Å². The van der Waals surface area contributed by atoms with Crippen LogP contribution in [0.15, 0.2) is 41.4 Å². The summed E-state index contributed by atoms with van der Waals surface area (Å²) in [4.78, 5) is 2.45. The molecular formula is C20H29N3O4S. The van der Waals surface area contributed by atoms with Gasteiger partial charge in [-0.15, -0.1) is 0 Å². The van der Waals surface area contributed by atoms with Crippen LogP contribution in [0.3, 0.4) is 0 Å². The van der Waals surface area contributed by atoms with Gasteiger partial charge in [0.05, 0.1) is 26.4 Å². The number of aryl methyl sites for hydroxylation is 2. The molecule has 2 heterocycles. The number of benzene rings is 1. The molecule has 28 heavy (non-hydrogen) atoms. The molecule has 1 aliphatic heterocycles. The van der Waals surface area contributed by atoms with Crippen LogP contribution in [0.2, 0.25) is 0 Å². The van der Waals surface area contributed by atoms with Crippen LogP contribution in [0.5, 0.6) is 5.75 Å². The van der Waals surface area contributed by atoms with Crippen molar-refractivity contribution < 1.29 is 17.9 Å². The summed E-state index contributed by atoms with van der Waals surface area (Å²) in [6.45, 7) is 5.12. The maximum Gasteiger partial charge on any atom is 0.244 e. The maximum atomic E-state index is 13.1. The lowest BCUT2D eigenvalue weighted by Gasteiger charge is -2.35. The van der Waals surface area contributed by atoms with E-state index in [1.54, 1.807) is 12.1 Å². The Kier molecular flexibility index (Phi) is 6.77. The second-order valence-electron chi connectivity index (χ2n) is 6.90. The average molecular weight is 408 g/mol. The number of ether oxygens (including phenoxy) is 2. The summed E-state index contributed by atoms with van der Waals surface area (Å²) in [7, 11) is -0.252. The van der Waals surface area contributed by atoms with Gasteiger partial charge in [-0.05, 0) is 36.2 Å². The van der Waals surface area contributed by atoms with Gasteiger partial charge in [-0.1, -0.05) is 13.0 Å². The average Bonchev–Trinajstić information content (AvgIpc) is 3.14. The Labute approximate surface area is 167 Å². The van der Waals surface area contributed by atoms with Crippen molar-refractivity contribution in [2.24, 2.45) is 7.05 Å². The third kappa shape index (κ3) is 4.57. The van der Waals surface area contributed by atoms with Crippen LogP contribution in [0, 0.1) is 0 Å². The second kappa shape index (κ2) is 9.09. The monoisotopic (exact) mass is 407 g/mol. The molecule has 3 rings (SSSR count). The molecule has 0 aliphatic carbocycles. The molecule has 1 aliphatic rings. The molecule has 7 nitrogen and oxygen atoms in total. The van der Waals surface area contributed by atoms with Gasteiger partial charge in [-0.25, -0.2) is 13.1 Å². The Hall–Kier alpha value is -1.87. The molecule has 154 valence electrons. The predicted octanol–water partition coefficient (Wildman–Crippen LogP) is 1.95. The Balaban J connectivity index is 1.85. The summed E-state index contributed by atoms with van der Waals surface area (Å²) in [6.07, 6.45) is 2.73. The van der Waals surface area contributed by atoms with Crippen LogP contribution in [-0.4, -0.2) is 57.8 Å². The molecule has 0 amide bonds. The Morgan fingerprint density at radius 3 is 2.61 bits per heavy atom. The highest BCUT2D eigenvalue weighted by Gasteiger charge is 2.27. The van der Waals surface area contributed by atoms with E-state index >= 15 is 0 Å². The van der Waals surface area contributed by atoms with Gasteiger partial charge in [0.2, 0.25) is 10.0 Å². The first kappa shape index (κ1) is 20.9.